The van der Waals surface area contributed by atoms with Crippen LogP contribution in [0.25, 0.3) is 0 Å². The fourth-order valence-corrected chi connectivity index (χ4v) is 3.74. The zero-order chi connectivity index (χ0) is 21.7. The van der Waals surface area contributed by atoms with Gasteiger partial charge in [0.15, 0.2) is 17.5 Å². The van der Waals surface area contributed by atoms with Crippen molar-refractivity contribution in [2.75, 3.05) is 31.3 Å². The van der Waals surface area contributed by atoms with Gasteiger partial charge < -0.3 is 20.1 Å². The topological polar surface area (TPSA) is 108 Å². The lowest BCUT2D eigenvalue weighted by atomic mass is 9.82. The number of aryl methyl sites for hydroxylation is 1. The second-order valence-corrected chi connectivity index (χ2v) is 7.58. The van der Waals surface area contributed by atoms with Crippen LogP contribution in [0.5, 0.6) is 5.75 Å². The van der Waals surface area contributed by atoms with Gasteiger partial charge in [0.25, 0.3) is 0 Å². The molecule has 30 heavy (non-hydrogen) atoms. The minimum atomic E-state index is -0.400. The maximum absolute atomic E-state index is 13.9. The molecule has 0 atom stereocenters. The highest BCUT2D eigenvalue weighted by atomic mass is 19.1. The second-order valence-electron chi connectivity index (χ2n) is 7.58. The monoisotopic (exact) mass is 416 g/mol. The first kappa shape index (κ1) is 21.6. The number of halogens is 1. The van der Waals surface area contributed by atoms with E-state index in [1.165, 1.54) is 13.2 Å². The third kappa shape index (κ3) is 5.08. The van der Waals surface area contributed by atoms with Crippen molar-refractivity contribution in [1.29, 1.82) is 10.8 Å². The van der Waals surface area contributed by atoms with Crippen molar-refractivity contribution in [2.45, 2.75) is 25.7 Å². The van der Waals surface area contributed by atoms with E-state index in [4.69, 9.17) is 20.3 Å². The number of methoxy groups -OCH3 is 1. The SMILES string of the molecule is CNc1cc(F)c(OC)cc1NCC1CCC(C(=N)OC(=N)c2cnn(C)c2)CC1. The summed E-state index contributed by atoms with van der Waals surface area (Å²) in [7, 11) is 4.98. The fraction of sp³-hybridized carbons (Fsp3) is 0.476. The van der Waals surface area contributed by atoms with Crippen LogP contribution in [-0.4, -0.2) is 42.3 Å². The Morgan fingerprint density at radius 3 is 2.57 bits per heavy atom. The van der Waals surface area contributed by atoms with Crippen LogP contribution in [0.2, 0.25) is 0 Å². The van der Waals surface area contributed by atoms with Gasteiger partial charge in [-0.05, 0) is 31.6 Å². The molecule has 0 radical (unpaired) electrons. The molecule has 1 aliphatic carbocycles. The van der Waals surface area contributed by atoms with E-state index in [1.54, 1.807) is 37.2 Å². The van der Waals surface area contributed by atoms with Crippen molar-refractivity contribution in [3.63, 3.8) is 0 Å². The molecular weight excluding hydrogens is 387 g/mol. The van der Waals surface area contributed by atoms with Crippen molar-refractivity contribution in [2.24, 2.45) is 18.9 Å². The molecule has 8 nitrogen and oxygen atoms in total. The normalized spacial score (nSPS) is 18.5. The fourth-order valence-electron chi connectivity index (χ4n) is 3.74. The summed E-state index contributed by atoms with van der Waals surface area (Å²) >= 11 is 0. The zero-order valence-electron chi connectivity index (χ0n) is 17.6. The van der Waals surface area contributed by atoms with Gasteiger partial charge in [0.1, 0.15) is 0 Å². The van der Waals surface area contributed by atoms with E-state index >= 15 is 0 Å². The summed E-state index contributed by atoms with van der Waals surface area (Å²) in [6.07, 6.45) is 6.85. The molecule has 1 saturated carbocycles. The maximum atomic E-state index is 13.9. The van der Waals surface area contributed by atoms with E-state index < -0.39 is 5.82 Å². The van der Waals surface area contributed by atoms with Crippen molar-refractivity contribution in [3.05, 3.63) is 35.9 Å². The molecule has 2 aromatic rings. The lowest BCUT2D eigenvalue weighted by molar-refractivity contribution is 0.309. The highest BCUT2D eigenvalue weighted by Crippen LogP contribution is 2.33. The van der Waals surface area contributed by atoms with Gasteiger partial charge in [-0.1, -0.05) is 0 Å². The van der Waals surface area contributed by atoms with Gasteiger partial charge in [-0.25, -0.2) is 4.39 Å². The molecular formula is C21H29FN6O2. The number of aromatic nitrogens is 2. The number of rotatable bonds is 7. The Balaban J connectivity index is 1.49. The van der Waals surface area contributed by atoms with E-state index in [0.717, 1.165) is 37.9 Å². The Bertz CT molecular complexity index is 905. The summed E-state index contributed by atoms with van der Waals surface area (Å²) in [6, 6.07) is 3.09. The first-order valence-electron chi connectivity index (χ1n) is 10.0. The van der Waals surface area contributed by atoms with Gasteiger partial charge in [-0.3, -0.25) is 15.5 Å². The molecule has 0 amide bonds. The molecule has 1 heterocycles. The first-order chi connectivity index (χ1) is 14.4. The number of nitrogens with zero attached hydrogens (tertiary/aromatic N) is 2. The van der Waals surface area contributed by atoms with Crippen LogP contribution in [0, 0.1) is 28.5 Å². The van der Waals surface area contributed by atoms with Gasteiger partial charge in [-0.2, -0.15) is 5.10 Å². The van der Waals surface area contributed by atoms with E-state index in [2.05, 4.69) is 15.7 Å². The summed E-state index contributed by atoms with van der Waals surface area (Å²) < 4.78 is 26.0. The molecule has 0 bridgehead atoms. The van der Waals surface area contributed by atoms with Crippen molar-refractivity contribution in [3.8, 4) is 5.75 Å². The van der Waals surface area contributed by atoms with Crippen molar-refractivity contribution < 1.29 is 13.9 Å². The molecule has 162 valence electrons. The molecule has 0 aliphatic heterocycles. The van der Waals surface area contributed by atoms with Crippen LogP contribution in [-0.2, 0) is 11.8 Å². The van der Waals surface area contributed by atoms with Gasteiger partial charge in [0.2, 0.25) is 5.90 Å². The number of ether oxygens (including phenoxy) is 2. The lowest BCUT2D eigenvalue weighted by Gasteiger charge is -2.29. The molecule has 0 saturated heterocycles. The molecule has 0 unspecified atom stereocenters. The van der Waals surface area contributed by atoms with Gasteiger partial charge >= 0.3 is 0 Å². The third-order valence-electron chi connectivity index (χ3n) is 5.54. The van der Waals surface area contributed by atoms with Crippen LogP contribution in [0.1, 0.15) is 31.2 Å². The van der Waals surface area contributed by atoms with Gasteiger partial charge in [0.05, 0.1) is 30.2 Å². The first-order valence-corrected chi connectivity index (χ1v) is 10.0. The van der Waals surface area contributed by atoms with Crippen LogP contribution in [0.4, 0.5) is 15.8 Å². The summed E-state index contributed by atoms with van der Waals surface area (Å²) in [5.74, 6) is 0.396. The molecule has 4 N–H and O–H groups in total. The molecule has 1 fully saturated rings. The summed E-state index contributed by atoms with van der Waals surface area (Å²) in [4.78, 5) is 0. The van der Waals surface area contributed by atoms with Crippen LogP contribution < -0.4 is 15.4 Å². The van der Waals surface area contributed by atoms with Crippen LogP contribution in [0.15, 0.2) is 24.5 Å². The predicted molar refractivity (Wildman–Crippen MR) is 115 cm³/mol. The third-order valence-corrected chi connectivity index (χ3v) is 5.54. The standard InChI is InChI=1S/C21H29FN6O2/c1-25-17-8-16(22)19(29-3)9-18(17)26-10-13-4-6-14(7-5-13)20(23)30-21(24)15-11-27-28(2)12-15/h8-9,11-14,23-26H,4-7,10H2,1-3H3. The Hall–Kier alpha value is -3.10. The Morgan fingerprint density at radius 1 is 1.23 bits per heavy atom. The molecule has 1 aliphatic rings. The van der Waals surface area contributed by atoms with Crippen LogP contribution >= 0.6 is 0 Å². The number of benzene rings is 1. The van der Waals surface area contributed by atoms with Crippen molar-refractivity contribution in [1.82, 2.24) is 9.78 Å². The quantitative estimate of drug-likeness (QED) is 0.405. The predicted octanol–water partition coefficient (Wildman–Crippen LogP) is 3.85. The Labute approximate surface area is 175 Å². The van der Waals surface area contributed by atoms with E-state index in [-0.39, 0.29) is 23.5 Å². The van der Waals surface area contributed by atoms with Gasteiger partial charge in [-0.15, -0.1) is 0 Å². The number of hydrogen-bond donors (Lipinski definition) is 4. The van der Waals surface area contributed by atoms with Crippen LogP contribution in [0.3, 0.4) is 0 Å². The highest BCUT2D eigenvalue weighted by molar-refractivity contribution is 5.99. The van der Waals surface area contributed by atoms with E-state index in [1.807, 2.05) is 0 Å². The Kier molecular flexibility index (Phi) is 6.91. The van der Waals surface area contributed by atoms with E-state index in [0.29, 0.717) is 17.2 Å². The number of nitrogens with one attached hydrogen (secondary N) is 4. The number of hydrogen-bond acceptors (Lipinski definition) is 7. The Morgan fingerprint density at radius 2 is 1.97 bits per heavy atom. The smallest absolute Gasteiger partial charge is 0.224 e. The maximum Gasteiger partial charge on any atom is 0.224 e. The molecule has 1 aromatic carbocycles. The average Bonchev–Trinajstić information content (AvgIpc) is 3.19. The highest BCUT2D eigenvalue weighted by Gasteiger charge is 2.26. The minimum Gasteiger partial charge on any atom is -0.494 e. The lowest BCUT2D eigenvalue weighted by Crippen LogP contribution is -2.27. The molecule has 3 rings (SSSR count). The van der Waals surface area contributed by atoms with E-state index in [9.17, 15) is 4.39 Å². The summed E-state index contributed by atoms with van der Waals surface area (Å²) in [5, 5.41) is 26.7. The largest absolute Gasteiger partial charge is 0.494 e. The summed E-state index contributed by atoms with van der Waals surface area (Å²) in [6.45, 7) is 0.760. The zero-order valence-corrected chi connectivity index (χ0v) is 17.6. The average molecular weight is 417 g/mol. The van der Waals surface area contributed by atoms with Crippen molar-refractivity contribution >= 4 is 23.2 Å². The van der Waals surface area contributed by atoms with Gasteiger partial charge in [0, 0.05) is 44.9 Å². The molecule has 9 heteroatoms. The minimum absolute atomic E-state index is 0.0251. The summed E-state index contributed by atoms with van der Waals surface area (Å²) in [5.41, 5.74) is 2.06. The number of anilines is 2. The molecule has 1 aromatic heterocycles. The second kappa shape index (κ2) is 9.60. The molecule has 0 spiro atoms.